The van der Waals surface area contributed by atoms with Gasteiger partial charge in [-0.3, -0.25) is 14.6 Å². The largest absolute Gasteiger partial charge is 0.480 e. The van der Waals surface area contributed by atoms with Crippen LogP contribution in [0.1, 0.15) is 12.0 Å². The van der Waals surface area contributed by atoms with Crippen molar-refractivity contribution in [3.05, 3.63) is 33.4 Å². The number of carbonyl (C=O) groups is 1. The van der Waals surface area contributed by atoms with E-state index >= 15 is 0 Å². The Balaban J connectivity index is 1.85. The molecule has 2 rings (SSSR count). The van der Waals surface area contributed by atoms with Crippen LogP contribution in [0.5, 0.6) is 0 Å². The molecule has 0 atom stereocenters. The monoisotopic (exact) mass is 374 g/mol. The van der Waals surface area contributed by atoms with E-state index in [1.807, 2.05) is 4.90 Å². The maximum Gasteiger partial charge on any atom is 0.317 e. The van der Waals surface area contributed by atoms with Crippen molar-refractivity contribution in [1.29, 1.82) is 0 Å². The number of hydrogen-bond donors (Lipinski definition) is 1. The summed E-state index contributed by atoms with van der Waals surface area (Å²) in [5.74, 6) is -0.730. The molecule has 0 radical (unpaired) electrons. The molecule has 0 aromatic heterocycles. The number of carboxylic acid groups (broad SMARTS) is 1. The molecule has 1 N–H and O–H groups in total. The van der Waals surface area contributed by atoms with E-state index in [9.17, 15) is 4.79 Å². The average molecular weight is 374 g/mol. The Labute approximate surface area is 127 Å². The molecular weight excluding hydrogens is 355 g/mol. The summed E-state index contributed by atoms with van der Waals surface area (Å²) in [6.45, 7) is 4.84. The predicted octanol–water partition coefficient (Wildman–Crippen LogP) is 1.88. The summed E-state index contributed by atoms with van der Waals surface area (Å²) in [6.07, 6.45) is 1.04. The third-order valence-electron chi connectivity index (χ3n) is 3.36. The molecule has 5 heteroatoms. The highest BCUT2D eigenvalue weighted by atomic mass is 127. The van der Waals surface area contributed by atoms with E-state index in [4.69, 9.17) is 5.11 Å². The van der Waals surface area contributed by atoms with Gasteiger partial charge in [0.2, 0.25) is 0 Å². The smallest absolute Gasteiger partial charge is 0.317 e. The first kappa shape index (κ1) is 14.7. The number of benzene rings is 1. The number of halogens is 1. The minimum absolute atomic E-state index is 0.164. The fourth-order valence-corrected chi connectivity index (χ4v) is 2.74. The summed E-state index contributed by atoms with van der Waals surface area (Å²) < 4.78 is 1.25. The first-order valence-electron chi connectivity index (χ1n) is 6.54. The van der Waals surface area contributed by atoms with Crippen molar-refractivity contribution in [3.63, 3.8) is 0 Å². The second kappa shape index (κ2) is 7.21. The highest BCUT2D eigenvalue weighted by molar-refractivity contribution is 14.1. The highest BCUT2D eigenvalue weighted by Crippen LogP contribution is 2.11. The van der Waals surface area contributed by atoms with Crippen LogP contribution in [0.15, 0.2) is 24.3 Å². The van der Waals surface area contributed by atoms with Crippen LogP contribution in [-0.4, -0.2) is 53.6 Å². The van der Waals surface area contributed by atoms with Gasteiger partial charge in [0, 0.05) is 29.7 Å². The molecule has 19 heavy (non-hydrogen) atoms. The van der Waals surface area contributed by atoms with Gasteiger partial charge in [0.05, 0.1) is 6.54 Å². The van der Waals surface area contributed by atoms with Crippen molar-refractivity contribution in [2.45, 2.75) is 13.0 Å². The Morgan fingerprint density at radius 1 is 1.11 bits per heavy atom. The molecule has 0 spiro atoms. The van der Waals surface area contributed by atoms with Crippen LogP contribution < -0.4 is 0 Å². The van der Waals surface area contributed by atoms with Crippen LogP contribution >= 0.6 is 22.6 Å². The van der Waals surface area contributed by atoms with Gasteiger partial charge in [-0.25, -0.2) is 0 Å². The van der Waals surface area contributed by atoms with Gasteiger partial charge in [-0.05, 0) is 53.3 Å². The maximum absolute atomic E-state index is 10.7. The molecule has 0 bridgehead atoms. The summed E-state index contributed by atoms with van der Waals surface area (Å²) in [6, 6.07) is 8.60. The first-order chi connectivity index (χ1) is 9.13. The zero-order valence-corrected chi connectivity index (χ0v) is 13.0. The van der Waals surface area contributed by atoms with Crippen molar-refractivity contribution in [1.82, 2.24) is 9.80 Å². The van der Waals surface area contributed by atoms with E-state index in [1.165, 1.54) is 9.13 Å². The molecule has 1 aliphatic rings. The molecule has 1 aromatic carbocycles. The van der Waals surface area contributed by atoms with Gasteiger partial charge in [0.1, 0.15) is 0 Å². The summed E-state index contributed by atoms with van der Waals surface area (Å²) in [4.78, 5) is 15.2. The van der Waals surface area contributed by atoms with E-state index in [-0.39, 0.29) is 6.54 Å². The quantitative estimate of drug-likeness (QED) is 0.818. The number of aliphatic carboxylic acids is 1. The highest BCUT2D eigenvalue weighted by Gasteiger charge is 2.16. The van der Waals surface area contributed by atoms with E-state index in [2.05, 4.69) is 51.8 Å². The van der Waals surface area contributed by atoms with Crippen LogP contribution in [0.4, 0.5) is 0 Å². The standard InChI is InChI=1S/C14H19IN2O2/c15-13-4-2-12(3-5-13)10-16-6-1-7-17(9-8-16)11-14(18)19/h2-5H,1,6-11H2,(H,18,19). The Morgan fingerprint density at radius 2 is 1.74 bits per heavy atom. The van der Waals surface area contributed by atoms with Crippen molar-refractivity contribution < 1.29 is 9.90 Å². The molecule has 1 saturated heterocycles. The molecule has 1 fully saturated rings. The van der Waals surface area contributed by atoms with Crippen molar-refractivity contribution in [2.24, 2.45) is 0 Å². The lowest BCUT2D eigenvalue weighted by Gasteiger charge is -2.20. The zero-order valence-electron chi connectivity index (χ0n) is 10.9. The summed E-state index contributed by atoms with van der Waals surface area (Å²) in [5, 5.41) is 8.83. The third kappa shape index (κ3) is 5.08. The van der Waals surface area contributed by atoms with E-state index in [0.717, 1.165) is 39.1 Å². The van der Waals surface area contributed by atoms with Crippen LogP contribution in [0.3, 0.4) is 0 Å². The molecule has 1 heterocycles. The van der Waals surface area contributed by atoms with Gasteiger partial charge in [-0.2, -0.15) is 0 Å². The molecule has 4 nitrogen and oxygen atoms in total. The molecule has 0 amide bonds. The maximum atomic E-state index is 10.7. The first-order valence-corrected chi connectivity index (χ1v) is 7.62. The van der Waals surface area contributed by atoms with Gasteiger partial charge < -0.3 is 5.11 Å². The van der Waals surface area contributed by atoms with Crippen LogP contribution in [-0.2, 0) is 11.3 Å². The molecule has 1 aromatic rings. The summed E-state index contributed by atoms with van der Waals surface area (Å²) in [5.41, 5.74) is 1.33. The number of nitrogens with zero attached hydrogens (tertiary/aromatic N) is 2. The van der Waals surface area contributed by atoms with E-state index in [1.54, 1.807) is 0 Å². The molecule has 1 aliphatic heterocycles. The van der Waals surface area contributed by atoms with Crippen LogP contribution in [0.2, 0.25) is 0 Å². The minimum Gasteiger partial charge on any atom is -0.480 e. The number of carboxylic acids is 1. The summed E-state index contributed by atoms with van der Waals surface area (Å²) in [7, 11) is 0. The van der Waals surface area contributed by atoms with Gasteiger partial charge in [0.25, 0.3) is 0 Å². The second-order valence-corrected chi connectivity index (χ2v) is 6.17. The Bertz CT molecular complexity index is 422. The molecular formula is C14H19IN2O2. The lowest BCUT2D eigenvalue weighted by atomic mass is 10.2. The molecule has 0 aliphatic carbocycles. The van der Waals surface area contributed by atoms with Gasteiger partial charge in [-0.1, -0.05) is 12.1 Å². The lowest BCUT2D eigenvalue weighted by Crippen LogP contribution is -2.34. The SMILES string of the molecule is O=C(O)CN1CCCN(Cc2ccc(I)cc2)CC1. The van der Waals surface area contributed by atoms with E-state index < -0.39 is 5.97 Å². The molecule has 0 saturated carbocycles. The second-order valence-electron chi connectivity index (χ2n) is 4.93. The molecule has 0 unspecified atom stereocenters. The minimum atomic E-state index is -0.730. The van der Waals surface area contributed by atoms with Crippen LogP contribution in [0, 0.1) is 3.57 Å². The lowest BCUT2D eigenvalue weighted by molar-refractivity contribution is -0.138. The topological polar surface area (TPSA) is 43.8 Å². The number of hydrogen-bond acceptors (Lipinski definition) is 3. The Morgan fingerprint density at radius 3 is 2.42 bits per heavy atom. The van der Waals surface area contributed by atoms with Gasteiger partial charge in [-0.15, -0.1) is 0 Å². The fraction of sp³-hybridized carbons (Fsp3) is 0.500. The molecule has 104 valence electrons. The number of rotatable bonds is 4. The third-order valence-corrected chi connectivity index (χ3v) is 4.08. The van der Waals surface area contributed by atoms with Crippen molar-refractivity contribution in [2.75, 3.05) is 32.7 Å². The fourth-order valence-electron chi connectivity index (χ4n) is 2.38. The van der Waals surface area contributed by atoms with E-state index in [0.29, 0.717) is 0 Å². The van der Waals surface area contributed by atoms with Crippen LogP contribution in [0.25, 0.3) is 0 Å². The predicted molar refractivity (Wildman–Crippen MR) is 83.1 cm³/mol. The normalized spacial score (nSPS) is 18.2. The summed E-state index contributed by atoms with van der Waals surface area (Å²) >= 11 is 2.31. The van der Waals surface area contributed by atoms with Gasteiger partial charge >= 0.3 is 5.97 Å². The van der Waals surface area contributed by atoms with Crippen molar-refractivity contribution >= 4 is 28.6 Å². The Hall–Kier alpha value is -0.660. The average Bonchev–Trinajstić information content (AvgIpc) is 2.57. The van der Waals surface area contributed by atoms with Gasteiger partial charge in [0.15, 0.2) is 0 Å². The zero-order chi connectivity index (χ0) is 13.7. The van der Waals surface area contributed by atoms with Crippen molar-refractivity contribution in [3.8, 4) is 0 Å². The Kier molecular flexibility index (Phi) is 5.59.